The van der Waals surface area contributed by atoms with E-state index in [9.17, 15) is 5.11 Å². The van der Waals surface area contributed by atoms with Gasteiger partial charge in [0.1, 0.15) is 0 Å². The number of aromatic nitrogens is 2. The van der Waals surface area contributed by atoms with Gasteiger partial charge in [-0.05, 0) is 30.5 Å². The van der Waals surface area contributed by atoms with Crippen LogP contribution >= 0.6 is 11.3 Å². The summed E-state index contributed by atoms with van der Waals surface area (Å²) in [7, 11) is 0. The molecule has 0 aliphatic carbocycles. The number of rotatable bonds is 5. The molecule has 3 nitrogen and oxygen atoms in total. The molecule has 1 N–H and O–H groups in total. The van der Waals surface area contributed by atoms with Crippen LogP contribution in [0.1, 0.15) is 43.5 Å². The monoisotopic (exact) mass is 290 g/mol. The molecular formula is C16H22N2OS. The maximum atomic E-state index is 10.1. The molecule has 0 spiro atoms. The van der Waals surface area contributed by atoms with Gasteiger partial charge in [0.25, 0.3) is 0 Å². The summed E-state index contributed by atoms with van der Waals surface area (Å²) in [6.07, 6.45) is 5.53. The van der Waals surface area contributed by atoms with Crippen LogP contribution in [0.15, 0.2) is 29.9 Å². The standard InChI is InChI=1S/C16H22N2OS/c1-16(2,3)14-11-20-15(18-14)10-13(19)5-4-12-6-8-17-9-7-12/h6-9,11,13,19H,4-5,10H2,1-3H3. The molecule has 2 rings (SSSR count). The molecule has 0 saturated carbocycles. The van der Waals surface area contributed by atoms with Gasteiger partial charge in [0.05, 0.1) is 16.8 Å². The lowest BCUT2D eigenvalue weighted by Crippen LogP contribution is -2.14. The maximum absolute atomic E-state index is 10.1. The van der Waals surface area contributed by atoms with E-state index in [0.29, 0.717) is 6.42 Å². The minimum Gasteiger partial charge on any atom is -0.393 e. The molecule has 2 aromatic heterocycles. The van der Waals surface area contributed by atoms with Gasteiger partial charge in [0.2, 0.25) is 0 Å². The SMILES string of the molecule is CC(C)(C)c1csc(CC(O)CCc2ccncc2)n1. The molecule has 0 saturated heterocycles. The topological polar surface area (TPSA) is 46.0 Å². The first-order valence-corrected chi connectivity index (χ1v) is 7.85. The molecule has 2 heterocycles. The largest absolute Gasteiger partial charge is 0.393 e. The van der Waals surface area contributed by atoms with E-state index in [0.717, 1.165) is 23.5 Å². The second-order valence-electron chi connectivity index (χ2n) is 6.13. The molecule has 0 aliphatic rings. The van der Waals surface area contributed by atoms with Crippen molar-refractivity contribution in [2.45, 2.75) is 51.6 Å². The number of aryl methyl sites for hydroxylation is 1. The Balaban J connectivity index is 1.85. The molecule has 0 radical (unpaired) electrons. The van der Waals surface area contributed by atoms with Crippen LogP contribution in [0.4, 0.5) is 0 Å². The second kappa shape index (κ2) is 6.46. The fraction of sp³-hybridized carbons (Fsp3) is 0.500. The summed E-state index contributed by atoms with van der Waals surface area (Å²) in [5.74, 6) is 0. The second-order valence-corrected chi connectivity index (χ2v) is 7.07. The van der Waals surface area contributed by atoms with Crippen LogP contribution in [0.3, 0.4) is 0 Å². The summed E-state index contributed by atoms with van der Waals surface area (Å²) in [4.78, 5) is 8.62. The van der Waals surface area contributed by atoms with E-state index < -0.39 is 0 Å². The molecule has 0 aliphatic heterocycles. The number of pyridine rings is 1. The van der Waals surface area contributed by atoms with Crippen molar-refractivity contribution in [2.24, 2.45) is 0 Å². The zero-order chi connectivity index (χ0) is 14.6. The van der Waals surface area contributed by atoms with Crippen LogP contribution in [-0.2, 0) is 18.3 Å². The normalized spacial score (nSPS) is 13.4. The Morgan fingerprint density at radius 1 is 1.25 bits per heavy atom. The summed E-state index contributed by atoms with van der Waals surface area (Å²) in [5, 5.41) is 13.3. The van der Waals surface area contributed by atoms with Gasteiger partial charge in [0, 0.05) is 29.6 Å². The first-order chi connectivity index (χ1) is 9.45. The number of hydrogen-bond acceptors (Lipinski definition) is 4. The molecule has 1 atom stereocenters. The Bertz CT molecular complexity index is 531. The predicted octanol–water partition coefficient (Wildman–Crippen LogP) is 3.37. The lowest BCUT2D eigenvalue weighted by atomic mass is 9.93. The molecular weight excluding hydrogens is 268 g/mol. The average molecular weight is 290 g/mol. The van der Waals surface area contributed by atoms with Gasteiger partial charge in [-0.2, -0.15) is 0 Å². The molecule has 0 aromatic carbocycles. The highest BCUT2D eigenvalue weighted by Crippen LogP contribution is 2.24. The number of thiazole rings is 1. The zero-order valence-corrected chi connectivity index (χ0v) is 13.2. The van der Waals surface area contributed by atoms with E-state index in [2.05, 4.69) is 36.1 Å². The van der Waals surface area contributed by atoms with Crippen molar-refractivity contribution < 1.29 is 5.11 Å². The third kappa shape index (κ3) is 4.39. The molecule has 108 valence electrons. The summed E-state index contributed by atoms with van der Waals surface area (Å²) in [6.45, 7) is 6.48. The molecule has 2 aromatic rings. The Morgan fingerprint density at radius 3 is 2.55 bits per heavy atom. The van der Waals surface area contributed by atoms with Crippen molar-refractivity contribution in [3.63, 3.8) is 0 Å². The Morgan fingerprint density at radius 2 is 1.95 bits per heavy atom. The molecule has 0 fully saturated rings. The Kier molecular flexibility index (Phi) is 4.89. The van der Waals surface area contributed by atoms with Crippen LogP contribution in [0.25, 0.3) is 0 Å². The van der Waals surface area contributed by atoms with Crippen LogP contribution in [0, 0.1) is 0 Å². The highest BCUT2D eigenvalue weighted by Gasteiger charge is 2.18. The number of aliphatic hydroxyl groups is 1. The minimum absolute atomic E-state index is 0.0801. The lowest BCUT2D eigenvalue weighted by Gasteiger charge is -2.14. The van der Waals surface area contributed by atoms with Crippen LogP contribution in [0.5, 0.6) is 0 Å². The van der Waals surface area contributed by atoms with E-state index in [-0.39, 0.29) is 11.5 Å². The summed E-state index contributed by atoms with van der Waals surface area (Å²) in [5.41, 5.74) is 2.41. The molecule has 20 heavy (non-hydrogen) atoms. The summed E-state index contributed by atoms with van der Waals surface area (Å²) < 4.78 is 0. The minimum atomic E-state index is -0.331. The van der Waals surface area contributed by atoms with Crippen molar-refractivity contribution >= 4 is 11.3 Å². The third-order valence-electron chi connectivity index (χ3n) is 3.25. The van der Waals surface area contributed by atoms with Crippen molar-refractivity contribution in [3.8, 4) is 0 Å². The van der Waals surface area contributed by atoms with Gasteiger partial charge < -0.3 is 5.11 Å². The highest BCUT2D eigenvalue weighted by atomic mass is 32.1. The third-order valence-corrected chi connectivity index (χ3v) is 4.12. The van der Waals surface area contributed by atoms with Crippen molar-refractivity contribution in [1.29, 1.82) is 0 Å². The average Bonchev–Trinajstić information content (AvgIpc) is 2.86. The molecule has 4 heteroatoms. The van der Waals surface area contributed by atoms with E-state index in [1.165, 1.54) is 5.56 Å². The van der Waals surface area contributed by atoms with E-state index in [1.807, 2.05) is 12.1 Å². The number of aliphatic hydroxyl groups excluding tert-OH is 1. The summed E-state index contributed by atoms with van der Waals surface area (Å²) in [6, 6.07) is 3.99. The zero-order valence-electron chi connectivity index (χ0n) is 12.3. The van der Waals surface area contributed by atoms with Crippen molar-refractivity contribution in [1.82, 2.24) is 9.97 Å². The Labute approximate surface area is 124 Å². The van der Waals surface area contributed by atoms with Gasteiger partial charge in [0.15, 0.2) is 0 Å². The van der Waals surface area contributed by atoms with Crippen molar-refractivity contribution in [2.75, 3.05) is 0 Å². The fourth-order valence-corrected chi connectivity index (χ4v) is 3.03. The van der Waals surface area contributed by atoms with E-state index in [4.69, 9.17) is 0 Å². The van der Waals surface area contributed by atoms with Gasteiger partial charge >= 0.3 is 0 Å². The smallest absolute Gasteiger partial charge is 0.0954 e. The first-order valence-electron chi connectivity index (χ1n) is 6.97. The molecule has 0 amide bonds. The van der Waals surface area contributed by atoms with Gasteiger partial charge in [-0.3, -0.25) is 4.98 Å². The van der Waals surface area contributed by atoms with Crippen LogP contribution < -0.4 is 0 Å². The number of nitrogens with zero attached hydrogens (tertiary/aromatic N) is 2. The molecule has 0 bridgehead atoms. The fourth-order valence-electron chi connectivity index (χ4n) is 1.94. The van der Waals surface area contributed by atoms with Crippen LogP contribution in [-0.4, -0.2) is 21.2 Å². The van der Waals surface area contributed by atoms with Gasteiger partial charge in [-0.1, -0.05) is 20.8 Å². The first kappa shape index (κ1) is 15.1. The lowest BCUT2D eigenvalue weighted by molar-refractivity contribution is 0.165. The highest BCUT2D eigenvalue weighted by molar-refractivity contribution is 7.09. The van der Waals surface area contributed by atoms with Crippen LogP contribution in [0.2, 0.25) is 0 Å². The van der Waals surface area contributed by atoms with Crippen molar-refractivity contribution in [3.05, 3.63) is 46.2 Å². The predicted molar refractivity (Wildman–Crippen MR) is 83.1 cm³/mol. The molecule has 1 unspecified atom stereocenters. The van der Waals surface area contributed by atoms with E-state index in [1.54, 1.807) is 23.7 Å². The quantitative estimate of drug-likeness (QED) is 0.918. The van der Waals surface area contributed by atoms with Gasteiger partial charge in [-0.15, -0.1) is 11.3 Å². The Hall–Kier alpha value is -1.26. The van der Waals surface area contributed by atoms with Gasteiger partial charge in [-0.25, -0.2) is 4.98 Å². The summed E-state index contributed by atoms with van der Waals surface area (Å²) >= 11 is 1.65. The van der Waals surface area contributed by atoms with E-state index >= 15 is 0 Å². The number of hydrogen-bond donors (Lipinski definition) is 1. The maximum Gasteiger partial charge on any atom is 0.0954 e.